The van der Waals surface area contributed by atoms with E-state index in [1.165, 1.54) is 16.7 Å². The molecule has 1 aromatic heterocycles. The first-order valence-electron chi connectivity index (χ1n) is 9.77. The number of hydrogen-bond acceptors (Lipinski definition) is 4. The highest BCUT2D eigenvalue weighted by molar-refractivity contribution is 7.14. The summed E-state index contributed by atoms with van der Waals surface area (Å²) >= 11 is 1.65. The summed E-state index contributed by atoms with van der Waals surface area (Å²) in [5.74, 6) is 0. The lowest BCUT2D eigenvalue weighted by atomic mass is 9.99. The number of nitrogens with zero attached hydrogens (tertiary/aromatic N) is 3. The van der Waals surface area contributed by atoms with E-state index >= 15 is 0 Å². The van der Waals surface area contributed by atoms with Crippen LogP contribution in [0.1, 0.15) is 29.2 Å². The molecular weight excluding hydrogens is 374 g/mol. The van der Waals surface area contributed by atoms with Crippen molar-refractivity contribution in [2.75, 3.05) is 5.01 Å². The Hall–Kier alpha value is -3.24. The van der Waals surface area contributed by atoms with Gasteiger partial charge in [0.25, 0.3) is 0 Å². The van der Waals surface area contributed by atoms with Crippen LogP contribution in [-0.4, -0.2) is 10.7 Å². The van der Waals surface area contributed by atoms with Crippen LogP contribution < -0.4 is 5.01 Å². The molecule has 29 heavy (non-hydrogen) atoms. The van der Waals surface area contributed by atoms with Crippen LogP contribution in [0.2, 0.25) is 0 Å². The van der Waals surface area contributed by atoms with Crippen molar-refractivity contribution in [3.05, 3.63) is 107 Å². The summed E-state index contributed by atoms with van der Waals surface area (Å²) in [4.78, 5) is 4.93. The van der Waals surface area contributed by atoms with Crippen molar-refractivity contribution in [2.45, 2.75) is 19.4 Å². The van der Waals surface area contributed by atoms with E-state index in [2.05, 4.69) is 96.2 Å². The molecule has 5 rings (SSSR count). The Morgan fingerprint density at radius 3 is 2.24 bits per heavy atom. The second kappa shape index (κ2) is 7.64. The van der Waals surface area contributed by atoms with Crippen LogP contribution >= 0.6 is 11.3 Å². The molecule has 4 aromatic rings. The van der Waals surface area contributed by atoms with Gasteiger partial charge in [-0.2, -0.15) is 5.10 Å². The average Bonchev–Trinajstić information content (AvgIpc) is 3.43. The van der Waals surface area contributed by atoms with Crippen molar-refractivity contribution in [3.63, 3.8) is 0 Å². The summed E-state index contributed by atoms with van der Waals surface area (Å²) in [7, 11) is 0. The third-order valence-corrected chi connectivity index (χ3v) is 6.07. The van der Waals surface area contributed by atoms with Crippen molar-refractivity contribution in [2.24, 2.45) is 5.10 Å². The summed E-state index contributed by atoms with van der Waals surface area (Å²) in [5.41, 5.74) is 6.93. The Bertz CT molecular complexity index is 1130. The van der Waals surface area contributed by atoms with Gasteiger partial charge in [-0.1, -0.05) is 90.5 Å². The molecule has 2 heterocycles. The summed E-state index contributed by atoms with van der Waals surface area (Å²) in [6.45, 7) is 2.10. The number of anilines is 1. The van der Waals surface area contributed by atoms with Crippen LogP contribution in [0.3, 0.4) is 0 Å². The van der Waals surface area contributed by atoms with Gasteiger partial charge in [-0.3, -0.25) is 0 Å². The summed E-state index contributed by atoms with van der Waals surface area (Å²) in [5, 5.41) is 10.2. The molecule has 0 amide bonds. The van der Waals surface area contributed by atoms with Crippen LogP contribution in [0.4, 0.5) is 5.13 Å². The molecule has 0 fully saturated rings. The van der Waals surface area contributed by atoms with E-state index < -0.39 is 0 Å². The molecule has 0 bridgehead atoms. The fourth-order valence-electron chi connectivity index (χ4n) is 3.65. The highest BCUT2D eigenvalue weighted by Gasteiger charge is 2.31. The SMILES string of the molecule is Cc1ccc(-c2csc(N3N=C(c4ccccc4)C[C@@H]3c3ccccc3)n2)cc1. The molecule has 1 atom stereocenters. The maximum atomic E-state index is 5.01. The highest BCUT2D eigenvalue weighted by Crippen LogP contribution is 2.39. The van der Waals surface area contributed by atoms with Crippen molar-refractivity contribution < 1.29 is 0 Å². The number of rotatable bonds is 4. The fraction of sp³-hybridized carbons (Fsp3) is 0.120. The van der Waals surface area contributed by atoms with Gasteiger partial charge in [0.2, 0.25) is 5.13 Å². The lowest BCUT2D eigenvalue weighted by Crippen LogP contribution is -2.18. The number of thiazole rings is 1. The van der Waals surface area contributed by atoms with E-state index in [4.69, 9.17) is 10.1 Å². The van der Waals surface area contributed by atoms with Crippen LogP contribution in [0.15, 0.2) is 95.4 Å². The molecule has 0 unspecified atom stereocenters. The van der Waals surface area contributed by atoms with Crippen LogP contribution in [-0.2, 0) is 0 Å². The molecule has 142 valence electrons. The molecule has 4 heteroatoms. The Kier molecular flexibility index (Phi) is 4.70. The zero-order valence-electron chi connectivity index (χ0n) is 16.2. The first-order valence-corrected chi connectivity index (χ1v) is 10.7. The second-order valence-electron chi connectivity index (χ2n) is 7.27. The molecule has 0 N–H and O–H groups in total. The van der Waals surface area contributed by atoms with Crippen LogP contribution in [0.5, 0.6) is 0 Å². The van der Waals surface area contributed by atoms with Gasteiger partial charge in [0, 0.05) is 17.4 Å². The van der Waals surface area contributed by atoms with Crippen molar-refractivity contribution in [1.29, 1.82) is 0 Å². The molecule has 0 aliphatic carbocycles. The van der Waals surface area contributed by atoms with Gasteiger partial charge < -0.3 is 0 Å². The molecule has 3 nitrogen and oxygen atoms in total. The van der Waals surface area contributed by atoms with E-state index in [9.17, 15) is 0 Å². The van der Waals surface area contributed by atoms with Crippen LogP contribution in [0, 0.1) is 6.92 Å². The van der Waals surface area contributed by atoms with Crippen molar-refractivity contribution in [3.8, 4) is 11.3 Å². The lowest BCUT2D eigenvalue weighted by Gasteiger charge is -2.21. The predicted molar refractivity (Wildman–Crippen MR) is 122 cm³/mol. The van der Waals surface area contributed by atoms with Gasteiger partial charge >= 0.3 is 0 Å². The van der Waals surface area contributed by atoms with Crippen molar-refractivity contribution >= 4 is 22.2 Å². The normalized spacial score (nSPS) is 16.1. The van der Waals surface area contributed by atoms with E-state index in [0.717, 1.165) is 28.5 Å². The van der Waals surface area contributed by atoms with E-state index in [1.54, 1.807) is 11.3 Å². The molecule has 0 radical (unpaired) electrons. The monoisotopic (exact) mass is 395 g/mol. The predicted octanol–water partition coefficient (Wildman–Crippen LogP) is 6.47. The summed E-state index contributed by atoms with van der Waals surface area (Å²) < 4.78 is 0. The number of hydrogen-bond donors (Lipinski definition) is 0. The molecular formula is C25H21N3S. The van der Waals surface area contributed by atoms with Gasteiger partial charge in [0.15, 0.2) is 0 Å². The fourth-order valence-corrected chi connectivity index (χ4v) is 4.49. The minimum Gasteiger partial charge on any atom is -0.231 e. The zero-order valence-corrected chi connectivity index (χ0v) is 17.0. The lowest BCUT2D eigenvalue weighted by molar-refractivity contribution is 0.706. The van der Waals surface area contributed by atoms with E-state index in [-0.39, 0.29) is 6.04 Å². The number of aryl methyl sites for hydroxylation is 1. The number of hydrazone groups is 1. The Morgan fingerprint density at radius 1 is 0.828 bits per heavy atom. The minimum atomic E-state index is 0.156. The van der Waals surface area contributed by atoms with E-state index in [1.807, 2.05) is 6.07 Å². The number of benzene rings is 3. The van der Waals surface area contributed by atoms with Gasteiger partial charge in [0.1, 0.15) is 0 Å². The van der Waals surface area contributed by atoms with Gasteiger partial charge in [-0.25, -0.2) is 9.99 Å². The van der Waals surface area contributed by atoms with Gasteiger partial charge in [0.05, 0.1) is 17.4 Å². The molecule has 3 aromatic carbocycles. The third kappa shape index (κ3) is 3.59. The Labute approximate surface area is 175 Å². The molecule has 0 saturated heterocycles. The number of aromatic nitrogens is 1. The first-order chi connectivity index (χ1) is 14.3. The smallest absolute Gasteiger partial charge is 0.207 e. The summed E-state index contributed by atoms with van der Waals surface area (Å²) in [6.07, 6.45) is 0.869. The molecule has 0 spiro atoms. The standard InChI is InChI=1S/C25H21N3S/c1-18-12-14-20(15-13-18)23-17-29-25(26-23)28-24(21-10-6-3-7-11-21)16-22(27-28)19-8-4-2-5-9-19/h2-15,17,24H,16H2,1H3/t24-/m1/s1. The van der Waals surface area contributed by atoms with Gasteiger partial charge in [-0.05, 0) is 18.1 Å². The summed E-state index contributed by atoms with van der Waals surface area (Å²) in [6, 6.07) is 29.7. The molecule has 1 aliphatic rings. The third-order valence-electron chi connectivity index (χ3n) is 5.24. The Balaban J connectivity index is 1.53. The van der Waals surface area contributed by atoms with Crippen LogP contribution in [0.25, 0.3) is 11.3 Å². The second-order valence-corrected chi connectivity index (χ2v) is 8.11. The molecule has 1 aliphatic heterocycles. The molecule has 0 saturated carbocycles. The first kappa shape index (κ1) is 17.8. The van der Waals surface area contributed by atoms with Gasteiger partial charge in [-0.15, -0.1) is 11.3 Å². The Morgan fingerprint density at radius 2 is 1.52 bits per heavy atom. The largest absolute Gasteiger partial charge is 0.231 e. The zero-order chi connectivity index (χ0) is 19.6. The maximum absolute atomic E-state index is 5.01. The highest BCUT2D eigenvalue weighted by atomic mass is 32.1. The van der Waals surface area contributed by atoms with Crippen molar-refractivity contribution in [1.82, 2.24) is 4.98 Å². The minimum absolute atomic E-state index is 0.156. The quantitative estimate of drug-likeness (QED) is 0.396. The van der Waals surface area contributed by atoms with E-state index in [0.29, 0.717) is 0 Å². The maximum Gasteiger partial charge on any atom is 0.207 e. The average molecular weight is 396 g/mol. The topological polar surface area (TPSA) is 28.5 Å².